The first-order valence-electron chi connectivity index (χ1n) is 5.46. The number of nitrogens with two attached hydrogens (primary N) is 1. The van der Waals surface area contributed by atoms with Crippen LogP contribution >= 0.6 is 23.8 Å². The van der Waals surface area contributed by atoms with Crippen molar-refractivity contribution in [2.45, 2.75) is 6.42 Å². The highest BCUT2D eigenvalue weighted by molar-refractivity contribution is 7.80. The number of benzene rings is 1. The molecule has 0 aliphatic carbocycles. The molecule has 0 spiro atoms. The van der Waals surface area contributed by atoms with Gasteiger partial charge >= 0.3 is 0 Å². The molecule has 0 saturated heterocycles. The SMILES string of the molecule is NC(=S)C(Cc1ccccc1)C(=O)Nc1nnns1. The van der Waals surface area contributed by atoms with Crippen LogP contribution in [0.4, 0.5) is 5.13 Å². The number of hydrogen-bond acceptors (Lipinski definition) is 6. The van der Waals surface area contributed by atoms with Gasteiger partial charge in [-0.2, -0.15) is 0 Å². The summed E-state index contributed by atoms with van der Waals surface area (Å²) >= 11 is 5.96. The van der Waals surface area contributed by atoms with Crippen LogP contribution in [0, 0.1) is 5.92 Å². The standard InChI is InChI=1S/C11H11N5OS2/c12-9(18)8(6-7-4-2-1-3-5-7)10(17)13-11-14-15-16-19-11/h1-5,8H,6H2,(H2,12,18)(H,13,14,16,17). The second-order valence-corrected chi connectivity index (χ2v) is 5.01. The maximum Gasteiger partial charge on any atom is 0.236 e. The van der Waals surface area contributed by atoms with Gasteiger partial charge in [0.2, 0.25) is 11.0 Å². The molecule has 2 rings (SSSR count). The van der Waals surface area contributed by atoms with Gasteiger partial charge in [0.25, 0.3) is 0 Å². The van der Waals surface area contributed by atoms with E-state index in [0.717, 1.165) is 17.1 Å². The van der Waals surface area contributed by atoms with Crippen LogP contribution in [0.1, 0.15) is 5.56 Å². The molecule has 0 aliphatic rings. The van der Waals surface area contributed by atoms with Gasteiger partial charge in [-0.1, -0.05) is 52.1 Å². The number of nitrogens with one attached hydrogen (secondary N) is 1. The lowest BCUT2D eigenvalue weighted by atomic mass is 9.98. The number of amides is 1. The summed E-state index contributed by atoms with van der Waals surface area (Å²) in [7, 11) is 0. The van der Waals surface area contributed by atoms with Crippen LogP contribution in [0.25, 0.3) is 0 Å². The van der Waals surface area contributed by atoms with Gasteiger partial charge in [0.05, 0.1) is 10.9 Å². The average Bonchev–Trinajstić information content (AvgIpc) is 2.89. The Bertz CT molecular complexity index is 558. The molecule has 2 aromatic rings. The number of hydrogen-bond donors (Lipinski definition) is 2. The number of thiocarbonyl (C=S) groups is 1. The number of carbonyl (C=O) groups excluding carboxylic acids is 1. The number of carbonyl (C=O) groups is 1. The minimum atomic E-state index is -0.582. The molecule has 0 fully saturated rings. The lowest BCUT2D eigenvalue weighted by molar-refractivity contribution is -0.118. The lowest BCUT2D eigenvalue weighted by Gasteiger charge is -2.14. The van der Waals surface area contributed by atoms with Crippen molar-refractivity contribution in [3.8, 4) is 0 Å². The van der Waals surface area contributed by atoms with Crippen molar-refractivity contribution in [1.29, 1.82) is 0 Å². The van der Waals surface area contributed by atoms with Crippen LogP contribution in [-0.4, -0.2) is 25.7 Å². The Kier molecular flexibility index (Phi) is 4.48. The smallest absolute Gasteiger partial charge is 0.236 e. The van der Waals surface area contributed by atoms with Gasteiger partial charge in [-0.15, -0.1) is 0 Å². The van der Waals surface area contributed by atoms with Gasteiger partial charge in [-0.3, -0.25) is 10.1 Å². The summed E-state index contributed by atoms with van der Waals surface area (Å²) in [5.74, 6) is -0.879. The number of anilines is 1. The molecule has 6 nitrogen and oxygen atoms in total. The van der Waals surface area contributed by atoms with E-state index in [1.165, 1.54) is 0 Å². The number of rotatable bonds is 5. The third-order valence-electron chi connectivity index (χ3n) is 2.47. The van der Waals surface area contributed by atoms with E-state index in [-0.39, 0.29) is 10.9 Å². The Hall–Kier alpha value is -1.93. The van der Waals surface area contributed by atoms with E-state index < -0.39 is 5.92 Å². The van der Waals surface area contributed by atoms with Crippen LogP contribution in [0.3, 0.4) is 0 Å². The van der Waals surface area contributed by atoms with Crippen molar-refractivity contribution in [2.75, 3.05) is 5.32 Å². The maximum absolute atomic E-state index is 12.1. The fraction of sp³-hybridized carbons (Fsp3) is 0.182. The van der Waals surface area contributed by atoms with Crippen molar-refractivity contribution in [2.24, 2.45) is 11.7 Å². The summed E-state index contributed by atoms with van der Waals surface area (Å²) in [5.41, 5.74) is 6.63. The molecule has 0 saturated carbocycles. The molecule has 1 heterocycles. The molecule has 19 heavy (non-hydrogen) atoms. The summed E-state index contributed by atoms with van der Waals surface area (Å²) in [5, 5.41) is 9.98. The van der Waals surface area contributed by atoms with E-state index in [1.807, 2.05) is 30.3 Å². The normalized spacial score (nSPS) is 11.8. The van der Waals surface area contributed by atoms with Crippen LogP contribution in [0.2, 0.25) is 0 Å². The van der Waals surface area contributed by atoms with Gasteiger partial charge in [0.1, 0.15) is 0 Å². The monoisotopic (exact) mass is 293 g/mol. The van der Waals surface area contributed by atoms with Gasteiger partial charge in [-0.25, -0.2) is 0 Å². The van der Waals surface area contributed by atoms with Crippen LogP contribution < -0.4 is 11.1 Å². The summed E-state index contributed by atoms with van der Waals surface area (Å²) in [4.78, 5) is 12.2. The van der Waals surface area contributed by atoms with E-state index in [4.69, 9.17) is 18.0 Å². The van der Waals surface area contributed by atoms with Crippen molar-refractivity contribution in [3.05, 3.63) is 35.9 Å². The summed E-state index contributed by atoms with van der Waals surface area (Å²) in [6.45, 7) is 0. The highest BCUT2D eigenvalue weighted by Gasteiger charge is 2.22. The van der Waals surface area contributed by atoms with Gasteiger partial charge < -0.3 is 5.73 Å². The summed E-state index contributed by atoms with van der Waals surface area (Å²) in [6, 6.07) is 9.55. The zero-order valence-electron chi connectivity index (χ0n) is 9.81. The van der Waals surface area contributed by atoms with Gasteiger partial charge in [0, 0.05) is 11.5 Å². The second kappa shape index (κ2) is 6.30. The highest BCUT2D eigenvalue weighted by atomic mass is 32.1. The minimum Gasteiger partial charge on any atom is -0.393 e. The summed E-state index contributed by atoms with van der Waals surface area (Å²) in [6.07, 6.45) is 0.453. The Morgan fingerprint density at radius 1 is 1.42 bits per heavy atom. The zero-order valence-corrected chi connectivity index (χ0v) is 11.4. The molecule has 8 heteroatoms. The average molecular weight is 293 g/mol. The minimum absolute atomic E-state index is 0.152. The quantitative estimate of drug-likeness (QED) is 0.799. The third kappa shape index (κ3) is 3.76. The molecule has 1 aromatic carbocycles. The van der Waals surface area contributed by atoms with Crippen LogP contribution in [0.5, 0.6) is 0 Å². The molecule has 0 radical (unpaired) electrons. The Morgan fingerprint density at radius 2 is 2.16 bits per heavy atom. The fourth-order valence-corrected chi connectivity index (χ4v) is 2.11. The molecule has 0 bridgehead atoms. The predicted molar refractivity (Wildman–Crippen MR) is 76.8 cm³/mol. The topological polar surface area (TPSA) is 93.8 Å². The van der Waals surface area contributed by atoms with E-state index >= 15 is 0 Å². The molecule has 3 N–H and O–H groups in total. The van der Waals surface area contributed by atoms with Crippen molar-refractivity contribution in [1.82, 2.24) is 14.8 Å². The fourth-order valence-electron chi connectivity index (χ4n) is 1.55. The molecule has 1 aromatic heterocycles. The lowest BCUT2D eigenvalue weighted by Crippen LogP contribution is -2.34. The molecule has 98 valence electrons. The Labute approximate surface area is 119 Å². The number of nitrogens with zero attached hydrogens (tertiary/aromatic N) is 3. The first kappa shape index (κ1) is 13.5. The molecule has 1 amide bonds. The Balaban J connectivity index is 2.07. The van der Waals surface area contributed by atoms with Crippen molar-refractivity contribution in [3.63, 3.8) is 0 Å². The largest absolute Gasteiger partial charge is 0.393 e. The van der Waals surface area contributed by atoms with Crippen LogP contribution in [0.15, 0.2) is 30.3 Å². The molecule has 1 atom stereocenters. The van der Waals surface area contributed by atoms with Crippen LogP contribution in [-0.2, 0) is 11.2 Å². The zero-order chi connectivity index (χ0) is 13.7. The van der Waals surface area contributed by atoms with E-state index in [9.17, 15) is 4.79 Å². The number of aromatic nitrogens is 3. The first-order chi connectivity index (χ1) is 9.16. The summed E-state index contributed by atoms with van der Waals surface area (Å²) < 4.78 is 3.57. The van der Waals surface area contributed by atoms with E-state index in [0.29, 0.717) is 11.6 Å². The molecule has 1 unspecified atom stereocenters. The highest BCUT2D eigenvalue weighted by Crippen LogP contribution is 2.13. The first-order valence-corrected chi connectivity index (χ1v) is 6.64. The second-order valence-electron chi connectivity index (χ2n) is 3.80. The molecular formula is C11H11N5OS2. The third-order valence-corrected chi connectivity index (χ3v) is 3.27. The van der Waals surface area contributed by atoms with Gasteiger partial charge in [0.15, 0.2) is 0 Å². The Morgan fingerprint density at radius 3 is 2.74 bits per heavy atom. The van der Waals surface area contributed by atoms with Crippen molar-refractivity contribution < 1.29 is 4.79 Å². The van der Waals surface area contributed by atoms with E-state index in [2.05, 4.69) is 20.1 Å². The van der Waals surface area contributed by atoms with Gasteiger partial charge in [-0.05, 0) is 17.2 Å². The van der Waals surface area contributed by atoms with Crippen molar-refractivity contribution >= 4 is 39.8 Å². The maximum atomic E-state index is 12.1. The van der Waals surface area contributed by atoms with E-state index in [1.54, 1.807) is 0 Å². The molecular weight excluding hydrogens is 282 g/mol. The predicted octanol–water partition coefficient (Wildman–Crippen LogP) is 1.02. The molecule has 0 aliphatic heterocycles.